The van der Waals surface area contributed by atoms with Gasteiger partial charge in [-0.1, -0.05) is 24.3 Å². The minimum atomic E-state index is -0.527. The van der Waals surface area contributed by atoms with Gasteiger partial charge in [-0.15, -0.1) is 0 Å². The summed E-state index contributed by atoms with van der Waals surface area (Å²) in [5, 5.41) is 13.6. The molecule has 146 valence electrons. The highest BCUT2D eigenvalue weighted by Gasteiger charge is 2.35. The van der Waals surface area contributed by atoms with E-state index in [1.54, 1.807) is 19.1 Å². The fourth-order valence-corrected chi connectivity index (χ4v) is 3.59. The largest absolute Gasteiger partial charge is 0.504 e. The van der Waals surface area contributed by atoms with Crippen LogP contribution in [0.3, 0.4) is 0 Å². The number of allylic oxidation sites excluding steroid dienone is 1. The number of benzene rings is 2. The van der Waals surface area contributed by atoms with Gasteiger partial charge in [0.2, 0.25) is 0 Å². The highest BCUT2D eigenvalue weighted by molar-refractivity contribution is 7.80. The third kappa shape index (κ3) is 3.66. The molecule has 0 saturated carbocycles. The predicted molar refractivity (Wildman–Crippen MR) is 111 cm³/mol. The SMILES string of the molecule is CCOC(=O)C1=C(C)N(c2ccccc2)C(=S)NC1c1ccc(O)c(OC)c1. The van der Waals surface area contributed by atoms with Crippen molar-refractivity contribution < 1.29 is 19.4 Å². The van der Waals surface area contributed by atoms with E-state index in [-0.39, 0.29) is 12.4 Å². The van der Waals surface area contributed by atoms with Crippen LogP contribution in [-0.2, 0) is 9.53 Å². The van der Waals surface area contributed by atoms with Crippen molar-refractivity contribution in [2.75, 3.05) is 18.6 Å². The minimum Gasteiger partial charge on any atom is -0.504 e. The Labute approximate surface area is 169 Å². The monoisotopic (exact) mass is 398 g/mol. The molecule has 6 nitrogen and oxygen atoms in total. The number of anilines is 1. The second-order valence-electron chi connectivity index (χ2n) is 6.20. The molecule has 1 atom stereocenters. The van der Waals surface area contributed by atoms with E-state index in [9.17, 15) is 9.90 Å². The van der Waals surface area contributed by atoms with Crippen molar-refractivity contribution in [3.05, 3.63) is 65.4 Å². The quantitative estimate of drug-likeness (QED) is 0.588. The van der Waals surface area contributed by atoms with Crippen LogP contribution >= 0.6 is 12.2 Å². The summed E-state index contributed by atoms with van der Waals surface area (Å²) in [7, 11) is 1.47. The van der Waals surface area contributed by atoms with Crippen LogP contribution in [0.25, 0.3) is 0 Å². The van der Waals surface area contributed by atoms with E-state index in [4.69, 9.17) is 21.7 Å². The first-order valence-corrected chi connectivity index (χ1v) is 9.29. The summed E-state index contributed by atoms with van der Waals surface area (Å²) in [6, 6.07) is 14.0. The summed E-state index contributed by atoms with van der Waals surface area (Å²) in [5.41, 5.74) is 2.71. The zero-order valence-electron chi connectivity index (χ0n) is 15.9. The fourth-order valence-electron chi connectivity index (χ4n) is 3.23. The molecule has 1 heterocycles. The van der Waals surface area contributed by atoms with Crippen LogP contribution in [0.1, 0.15) is 25.5 Å². The molecule has 0 aliphatic carbocycles. The lowest BCUT2D eigenvalue weighted by Gasteiger charge is -2.37. The van der Waals surface area contributed by atoms with Gasteiger partial charge in [0.15, 0.2) is 16.6 Å². The molecule has 3 rings (SSSR count). The number of carbonyl (C=O) groups excluding carboxylic acids is 1. The number of phenolic OH excluding ortho intramolecular Hbond substituents is 1. The number of hydrogen-bond acceptors (Lipinski definition) is 5. The van der Waals surface area contributed by atoms with Crippen LogP contribution in [0.2, 0.25) is 0 Å². The lowest BCUT2D eigenvalue weighted by atomic mass is 9.94. The number of para-hydroxylation sites is 1. The lowest BCUT2D eigenvalue weighted by Crippen LogP contribution is -2.48. The molecule has 0 spiro atoms. The molecular weight excluding hydrogens is 376 g/mol. The average Bonchev–Trinajstić information content (AvgIpc) is 2.69. The van der Waals surface area contributed by atoms with E-state index in [2.05, 4.69) is 5.32 Å². The highest BCUT2D eigenvalue weighted by Crippen LogP contribution is 2.37. The van der Waals surface area contributed by atoms with E-state index in [0.717, 1.165) is 11.3 Å². The summed E-state index contributed by atoms with van der Waals surface area (Å²) in [6.45, 7) is 3.87. The highest BCUT2D eigenvalue weighted by atomic mass is 32.1. The Bertz CT molecular complexity index is 927. The molecule has 1 unspecified atom stereocenters. The smallest absolute Gasteiger partial charge is 0.338 e. The van der Waals surface area contributed by atoms with Gasteiger partial charge in [-0.25, -0.2) is 4.79 Å². The van der Waals surface area contributed by atoms with E-state index in [1.165, 1.54) is 13.2 Å². The van der Waals surface area contributed by atoms with Crippen molar-refractivity contribution in [2.24, 2.45) is 0 Å². The second kappa shape index (κ2) is 8.31. The molecule has 2 aromatic rings. The van der Waals surface area contributed by atoms with Crippen LogP contribution in [-0.4, -0.2) is 29.9 Å². The molecule has 1 aliphatic heterocycles. The third-order valence-corrected chi connectivity index (χ3v) is 4.83. The standard InChI is InChI=1S/C21H22N2O4S/c1-4-27-20(25)18-13(2)23(15-8-6-5-7-9-15)21(28)22-19(18)14-10-11-16(24)17(12-14)26-3/h5-12,19,24H,4H2,1-3H3,(H,22,28). The molecule has 0 saturated heterocycles. The van der Waals surface area contributed by atoms with Gasteiger partial charge in [-0.05, 0) is 55.9 Å². The number of phenols is 1. The van der Waals surface area contributed by atoms with Crippen molar-refractivity contribution in [3.63, 3.8) is 0 Å². The predicted octanol–water partition coefficient (Wildman–Crippen LogP) is 3.67. The number of esters is 1. The van der Waals surface area contributed by atoms with E-state index < -0.39 is 12.0 Å². The molecule has 0 bridgehead atoms. The summed E-state index contributed by atoms with van der Waals surface area (Å²) >= 11 is 5.60. The average molecular weight is 398 g/mol. The van der Waals surface area contributed by atoms with Gasteiger partial charge in [0.1, 0.15) is 0 Å². The molecule has 0 amide bonds. The van der Waals surface area contributed by atoms with Crippen molar-refractivity contribution in [3.8, 4) is 11.5 Å². The van der Waals surface area contributed by atoms with Crippen molar-refractivity contribution in [1.29, 1.82) is 0 Å². The number of ether oxygens (including phenoxy) is 2. The molecule has 1 aliphatic rings. The van der Waals surface area contributed by atoms with Crippen molar-refractivity contribution >= 4 is 29.0 Å². The Hall–Kier alpha value is -3.06. The van der Waals surface area contributed by atoms with Crippen LogP contribution in [0.15, 0.2) is 59.8 Å². The number of methoxy groups -OCH3 is 1. The van der Waals surface area contributed by atoms with E-state index in [0.29, 0.717) is 22.1 Å². The maximum Gasteiger partial charge on any atom is 0.338 e. The number of nitrogens with zero attached hydrogens (tertiary/aromatic N) is 1. The van der Waals surface area contributed by atoms with E-state index in [1.807, 2.05) is 42.2 Å². The minimum absolute atomic E-state index is 0.0222. The third-order valence-electron chi connectivity index (χ3n) is 4.53. The number of carbonyl (C=O) groups is 1. The van der Waals surface area contributed by atoms with Gasteiger partial charge in [0.05, 0.1) is 25.3 Å². The molecule has 7 heteroatoms. The van der Waals surface area contributed by atoms with Gasteiger partial charge in [-0.3, -0.25) is 4.90 Å². The summed E-state index contributed by atoms with van der Waals surface area (Å²) < 4.78 is 10.5. The molecule has 0 aromatic heterocycles. The normalized spacial score (nSPS) is 16.6. The summed E-state index contributed by atoms with van der Waals surface area (Å²) in [5.74, 6) is -0.0847. The number of thiocarbonyl (C=S) groups is 1. The maximum atomic E-state index is 12.8. The molecule has 2 N–H and O–H groups in total. The van der Waals surface area contributed by atoms with Crippen LogP contribution < -0.4 is 15.0 Å². The lowest BCUT2D eigenvalue weighted by molar-refractivity contribution is -0.139. The topological polar surface area (TPSA) is 71.0 Å². The number of hydrogen-bond donors (Lipinski definition) is 2. The van der Waals surface area contributed by atoms with Crippen LogP contribution in [0.5, 0.6) is 11.5 Å². The first-order chi connectivity index (χ1) is 13.5. The number of rotatable bonds is 5. The maximum absolute atomic E-state index is 12.8. The number of nitrogens with one attached hydrogen (secondary N) is 1. The fraction of sp³-hybridized carbons (Fsp3) is 0.238. The molecular formula is C21H22N2O4S. The van der Waals surface area contributed by atoms with Crippen LogP contribution in [0.4, 0.5) is 5.69 Å². The van der Waals surface area contributed by atoms with Crippen molar-refractivity contribution in [1.82, 2.24) is 5.32 Å². The van der Waals surface area contributed by atoms with Gasteiger partial charge in [0.25, 0.3) is 0 Å². The molecule has 28 heavy (non-hydrogen) atoms. The Morgan fingerprint density at radius 3 is 2.61 bits per heavy atom. The second-order valence-corrected chi connectivity index (χ2v) is 6.59. The van der Waals surface area contributed by atoms with Gasteiger partial charge in [0, 0.05) is 11.4 Å². The Kier molecular flexibility index (Phi) is 5.84. The molecule has 2 aromatic carbocycles. The zero-order chi connectivity index (χ0) is 20.3. The Morgan fingerprint density at radius 2 is 1.96 bits per heavy atom. The van der Waals surface area contributed by atoms with Gasteiger partial charge in [-0.2, -0.15) is 0 Å². The Balaban J connectivity index is 2.14. The summed E-state index contributed by atoms with van der Waals surface area (Å²) in [6.07, 6.45) is 0. The molecule has 0 radical (unpaired) electrons. The van der Waals surface area contributed by atoms with Crippen LogP contribution in [0, 0.1) is 0 Å². The Morgan fingerprint density at radius 1 is 1.25 bits per heavy atom. The first kappa shape index (κ1) is 19.7. The van der Waals surface area contributed by atoms with Crippen molar-refractivity contribution in [2.45, 2.75) is 19.9 Å². The van der Waals surface area contributed by atoms with Gasteiger partial charge >= 0.3 is 5.97 Å². The first-order valence-electron chi connectivity index (χ1n) is 8.88. The van der Waals surface area contributed by atoms with E-state index >= 15 is 0 Å². The number of aromatic hydroxyl groups is 1. The van der Waals surface area contributed by atoms with Gasteiger partial charge < -0.3 is 19.9 Å². The summed E-state index contributed by atoms with van der Waals surface area (Å²) in [4.78, 5) is 14.6. The zero-order valence-corrected chi connectivity index (χ0v) is 16.7. The molecule has 0 fully saturated rings.